The molecule has 0 saturated carbocycles. The fourth-order valence-corrected chi connectivity index (χ4v) is 1.37. The molecule has 1 N–H and O–H groups in total. The Morgan fingerprint density at radius 1 is 1.69 bits per heavy atom. The highest BCUT2D eigenvalue weighted by atomic mass is 16.5. The van der Waals surface area contributed by atoms with Crippen LogP contribution in [0.4, 0.5) is 0 Å². The molecule has 0 aromatic heterocycles. The smallest absolute Gasteiger partial charge is 0.333 e. The number of hydrogen-bond donors (Lipinski definition) is 1. The van der Waals surface area contributed by atoms with Crippen molar-refractivity contribution in [1.29, 1.82) is 0 Å². The standard InChI is InChI=1S/C10H17NO2/c1-3-4-8(2)10(12)13-9-5-6-11-7-9/h9,11H,2-7H2,1H3. The van der Waals surface area contributed by atoms with Gasteiger partial charge in [-0.15, -0.1) is 0 Å². The second kappa shape index (κ2) is 5.02. The van der Waals surface area contributed by atoms with Crippen LogP contribution < -0.4 is 5.32 Å². The van der Waals surface area contributed by atoms with Gasteiger partial charge in [0.1, 0.15) is 6.10 Å². The second-order valence-electron chi connectivity index (χ2n) is 3.37. The van der Waals surface area contributed by atoms with Gasteiger partial charge in [-0.25, -0.2) is 4.79 Å². The Morgan fingerprint density at radius 3 is 3.00 bits per heavy atom. The monoisotopic (exact) mass is 183 g/mol. The molecule has 1 aliphatic rings. The summed E-state index contributed by atoms with van der Waals surface area (Å²) in [4.78, 5) is 11.3. The number of hydrogen-bond acceptors (Lipinski definition) is 3. The molecule has 0 radical (unpaired) electrons. The van der Waals surface area contributed by atoms with Crippen LogP contribution in [0.3, 0.4) is 0 Å². The highest BCUT2D eigenvalue weighted by Crippen LogP contribution is 2.09. The molecule has 1 unspecified atom stereocenters. The normalized spacial score (nSPS) is 21.5. The lowest BCUT2D eigenvalue weighted by atomic mass is 10.2. The predicted octanol–water partition coefficient (Wildman–Crippen LogP) is 1.25. The summed E-state index contributed by atoms with van der Waals surface area (Å²) in [5, 5.41) is 3.14. The first kappa shape index (κ1) is 10.3. The van der Waals surface area contributed by atoms with Gasteiger partial charge in [0.2, 0.25) is 0 Å². The number of nitrogens with one attached hydrogen (secondary N) is 1. The molecule has 1 atom stereocenters. The van der Waals surface area contributed by atoms with Crippen molar-refractivity contribution in [3.8, 4) is 0 Å². The fraction of sp³-hybridized carbons (Fsp3) is 0.700. The first-order chi connectivity index (χ1) is 6.24. The Labute approximate surface area is 79.2 Å². The lowest BCUT2D eigenvalue weighted by Gasteiger charge is -2.11. The van der Waals surface area contributed by atoms with Crippen molar-refractivity contribution in [3.05, 3.63) is 12.2 Å². The predicted molar refractivity (Wildman–Crippen MR) is 51.4 cm³/mol. The number of ether oxygens (including phenoxy) is 1. The van der Waals surface area contributed by atoms with Crippen LogP contribution in [-0.2, 0) is 9.53 Å². The van der Waals surface area contributed by atoms with Gasteiger partial charge < -0.3 is 10.1 Å². The molecule has 0 amide bonds. The maximum atomic E-state index is 11.3. The second-order valence-corrected chi connectivity index (χ2v) is 3.37. The topological polar surface area (TPSA) is 38.3 Å². The summed E-state index contributed by atoms with van der Waals surface area (Å²) in [5.41, 5.74) is 0.592. The highest BCUT2D eigenvalue weighted by Gasteiger charge is 2.19. The summed E-state index contributed by atoms with van der Waals surface area (Å²) >= 11 is 0. The SMILES string of the molecule is C=C(CCC)C(=O)OC1CCNC1. The lowest BCUT2D eigenvalue weighted by Crippen LogP contribution is -2.21. The summed E-state index contributed by atoms with van der Waals surface area (Å²) in [6.07, 6.45) is 2.65. The molecule has 1 saturated heterocycles. The number of carbonyl (C=O) groups is 1. The minimum atomic E-state index is -0.226. The molecule has 13 heavy (non-hydrogen) atoms. The average molecular weight is 183 g/mol. The summed E-state index contributed by atoms with van der Waals surface area (Å²) in [7, 11) is 0. The Hall–Kier alpha value is -0.830. The maximum absolute atomic E-state index is 11.3. The third-order valence-electron chi connectivity index (χ3n) is 2.13. The molecular weight excluding hydrogens is 166 g/mol. The van der Waals surface area contributed by atoms with E-state index in [0.29, 0.717) is 5.57 Å². The van der Waals surface area contributed by atoms with E-state index in [1.807, 2.05) is 6.92 Å². The largest absolute Gasteiger partial charge is 0.458 e. The Kier molecular flexibility index (Phi) is 3.96. The van der Waals surface area contributed by atoms with Crippen LogP contribution in [0.5, 0.6) is 0 Å². The summed E-state index contributed by atoms with van der Waals surface area (Å²) in [5.74, 6) is -0.226. The Morgan fingerprint density at radius 2 is 2.46 bits per heavy atom. The molecule has 74 valence electrons. The van der Waals surface area contributed by atoms with Gasteiger partial charge in [-0.1, -0.05) is 19.9 Å². The van der Waals surface area contributed by atoms with Crippen LogP contribution in [-0.4, -0.2) is 25.2 Å². The van der Waals surface area contributed by atoms with E-state index >= 15 is 0 Å². The van der Waals surface area contributed by atoms with Crippen LogP contribution in [0.1, 0.15) is 26.2 Å². The zero-order valence-electron chi connectivity index (χ0n) is 8.14. The molecule has 1 rings (SSSR count). The molecular formula is C10H17NO2. The van der Waals surface area contributed by atoms with Crippen LogP contribution in [0.2, 0.25) is 0 Å². The van der Waals surface area contributed by atoms with Gasteiger partial charge in [0.25, 0.3) is 0 Å². The van der Waals surface area contributed by atoms with Gasteiger partial charge >= 0.3 is 5.97 Å². The van der Waals surface area contributed by atoms with Gasteiger partial charge in [-0.05, 0) is 19.4 Å². The molecule has 0 spiro atoms. The van der Waals surface area contributed by atoms with Gasteiger partial charge in [0.05, 0.1) is 0 Å². The molecule has 1 heterocycles. The van der Waals surface area contributed by atoms with Crippen LogP contribution in [0.15, 0.2) is 12.2 Å². The minimum absolute atomic E-state index is 0.0566. The van der Waals surface area contributed by atoms with Gasteiger partial charge in [-0.3, -0.25) is 0 Å². The first-order valence-corrected chi connectivity index (χ1v) is 4.83. The van der Waals surface area contributed by atoms with Gasteiger partial charge in [0.15, 0.2) is 0 Å². The molecule has 0 aliphatic carbocycles. The van der Waals surface area contributed by atoms with Crippen molar-refractivity contribution in [2.45, 2.75) is 32.3 Å². The molecule has 0 bridgehead atoms. The zero-order chi connectivity index (χ0) is 9.68. The van der Waals surface area contributed by atoms with Crippen LogP contribution in [0.25, 0.3) is 0 Å². The van der Waals surface area contributed by atoms with Crippen molar-refractivity contribution in [3.63, 3.8) is 0 Å². The Balaban J connectivity index is 2.27. The Bertz CT molecular complexity index is 195. The van der Waals surface area contributed by atoms with Crippen LogP contribution in [0, 0.1) is 0 Å². The lowest BCUT2D eigenvalue weighted by molar-refractivity contribution is -0.143. The first-order valence-electron chi connectivity index (χ1n) is 4.83. The number of carbonyl (C=O) groups excluding carboxylic acids is 1. The van der Waals surface area contributed by atoms with E-state index in [-0.39, 0.29) is 12.1 Å². The summed E-state index contributed by atoms with van der Waals surface area (Å²) in [6, 6.07) is 0. The maximum Gasteiger partial charge on any atom is 0.333 e. The third-order valence-corrected chi connectivity index (χ3v) is 2.13. The van der Waals surface area contributed by atoms with E-state index in [9.17, 15) is 4.79 Å². The van der Waals surface area contributed by atoms with Gasteiger partial charge in [0, 0.05) is 12.1 Å². The minimum Gasteiger partial charge on any atom is -0.458 e. The average Bonchev–Trinajstić information content (AvgIpc) is 2.57. The van der Waals surface area contributed by atoms with Gasteiger partial charge in [-0.2, -0.15) is 0 Å². The number of rotatable bonds is 4. The molecule has 3 nitrogen and oxygen atoms in total. The molecule has 1 aliphatic heterocycles. The summed E-state index contributed by atoms with van der Waals surface area (Å²) in [6.45, 7) is 7.44. The zero-order valence-corrected chi connectivity index (χ0v) is 8.14. The van der Waals surface area contributed by atoms with Crippen molar-refractivity contribution in [1.82, 2.24) is 5.32 Å². The van der Waals surface area contributed by atoms with E-state index in [1.54, 1.807) is 0 Å². The number of esters is 1. The molecule has 1 fully saturated rings. The quantitative estimate of drug-likeness (QED) is 0.526. The van der Waals surface area contributed by atoms with E-state index in [4.69, 9.17) is 4.74 Å². The van der Waals surface area contributed by atoms with E-state index in [0.717, 1.165) is 32.4 Å². The van der Waals surface area contributed by atoms with Crippen molar-refractivity contribution >= 4 is 5.97 Å². The summed E-state index contributed by atoms with van der Waals surface area (Å²) < 4.78 is 5.22. The molecule has 3 heteroatoms. The van der Waals surface area contributed by atoms with Crippen molar-refractivity contribution in [2.75, 3.05) is 13.1 Å². The van der Waals surface area contributed by atoms with Crippen LogP contribution >= 0.6 is 0 Å². The third kappa shape index (κ3) is 3.19. The van der Waals surface area contributed by atoms with E-state index < -0.39 is 0 Å². The molecule has 0 aromatic rings. The van der Waals surface area contributed by atoms with E-state index in [1.165, 1.54) is 0 Å². The molecule has 0 aromatic carbocycles. The van der Waals surface area contributed by atoms with E-state index in [2.05, 4.69) is 11.9 Å². The fourth-order valence-electron chi connectivity index (χ4n) is 1.37. The highest BCUT2D eigenvalue weighted by molar-refractivity contribution is 5.87. The van der Waals surface area contributed by atoms with Crippen molar-refractivity contribution in [2.24, 2.45) is 0 Å². The van der Waals surface area contributed by atoms with Crippen molar-refractivity contribution < 1.29 is 9.53 Å².